The standard InChI is InChI=1S/C19H24N2O5S/c1-25-13-5-12-20-19(22)15-8-10-17(11-9-15)27(23,24)21-14-16-6-3-4-7-18(16)26-2/h3-4,6-11,21H,5,12-14H2,1-2H3,(H,20,22). The molecule has 2 rings (SSSR count). The average Bonchev–Trinajstić information content (AvgIpc) is 2.70. The maximum Gasteiger partial charge on any atom is 0.251 e. The largest absolute Gasteiger partial charge is 0.496 e. The van der Waals surface area contributed by atoms with Gasteiger partial charge in [0, 0.05) is 37.9 Å². The molecular weight excluding hydrogens is 368 g/mol. The molecule has 0 bridgehead atoms. The highest BCUT2D eigenvalue weighted by Gasteiger charge is 2.15. The van der Waals surface area contributed by atoms with Crippen molar-refractivity contribution < 1.29 is 22.7 Å². The number of methoxy groups -OCH3 is 2. The van der Waals surface area contributed by atoms with Crippen LogP contribution in [0, 0.1) is 0 Å². The van der Waals surface area contributed by atoms with E-state index in [-0.39, 0.29) is 17.3 Å². The van der Waals surface area contributed by atoms with Gasteiger partial charge in [-0.1, -0.05) is 18.2 Å². The molecule has 0 saturated heterocycles. The molecule has 0 aliphatic rings. The first-order chi connectivity index (χ1) is 13.0. The molecule has 27 heavy (non-hydrogen) atoms. The molecular formula is C19H24N2O5S. The second-order valence-corrected chi connectivity index (χ2v) is 7.53. The molecule has 7 nitrogen and oxygen atoms in total. The smallest absolute Gasteiger partial charge is 0.251 e. The van der Waals surface area contributed by atoms with Gasteiger partial charge in [-0.15, -0.1) is 0 Å². The summed E-state index contributed by atoms with van der Waals surface area (Å²) >= 11 is 0. The van der Waals surface area contributed by atoms with Crippen LogP contribution in [0.2, 0.25) is 0 Å². The summed E-state index contributed by atoms with van der Waals surface area (Å²) in [5.41, 5.74) is 1.13. The number of carbonyl (C=O) groups is 1. The number of hydrogen-bond acceptors (Lipinski definition) is 5. The first kappa shape index (κ1) is 20.9. The van der Waals surface area contributed by atoms with Crippen LogP contribution < -0.4 is 14.8 Å². The zero-order valence-electron chi connectivity index (χ0n) is 15.4. The number of nitrogens with one attached hydrogen (secondary N) is 2. The van der Waals surface area contributed by atoms with Gasteiger partial charge in [0.15, 0.2) is 0 Å². The molecule has 0 radical (unpaired) electrons. The number of sulfonamides is 1. The lowest BCUT2D eigenvalue weighted by Crippen LogP contribution is -2.26. The van der Waals surface area contributed by atoms with Crippen molar-refractivity contribution in [1.82, 2.24) is 10.0 Å². The van der Waals surface area contributed by atoms with E-state index in [4.69, 9.17) is 9.47 Å². The molecule has 0 aliphatic carbocycles. The second-order valence-electron chi connectivity index (χ2n) is 5.76. The van der Waals surface area contributed by atoms with Gasteiger partial charge < -0.3 is 14.8 Å². The molecule has 0 aliphatic heterocycles. The Labute approximate surface area is 159 Å². The minimum absolute atomic E-state index is 0.0910. The van der Waals surface area contributed by atoms with E-state index in [0.717, 1.165) is 5.56 Å². The lowest BCUT2D eigenvalue weighted by Gasteiger charge is -2.11. The summed E-state index contributed by atoms with van der Waals surface area (Å²) in [6.07, 6.45) is 0.710. The maximum absolute atomic E-state index is 12.5. The Morgan fingerprint density at radius 2 is 1.74 bits per heavy atom. The summed E-state index contributed by atoms with van der Waals surface area (Å²) in [6, 6.07) is 13.0. The average molecular weight is 392 g/mol. The number of amides is 1. The van der Waals surface area contributed by atoms with Crippen molar-refractivity contribution in [2.45, 2.75) is 17.9 Å². The lowest BCUT2D eigenvalue weighted by molar-refractivity contribution is 0.0948. The fraction of sp³-hybridized carbons (Fsp3) is 0.316. The third-order valence-electron chi connectivity index (χ3n) is 3.88. The highest BCUT2D eigenvalue weighted by Crippen LogP contribution is 2.18. The first-order valence-corrected chi connectivity index (χ1v) is 9.95. The summed E-state index contributed by atoms with van der Waals surface area (Å²) in [5, 5.41) is 2.75. The molecule has 0 saturated carbocycles. The number of para-hydroxylation sites is 1. The number of hydrogen-bond donors (Lipinski definition) is 2. The Kier molecular flexibility index (Phi) is 7.78. The van der Waals surface area contributed by atoms with E-state index in [2.05, 4.69) is 10.0 Å². The molecule has 0 atom stereocenters. The highest BCUT2D eigenvalue weighted by atomic mass is 32.2. The molecule has 2 aromatic rings. The van der Waals surface area contributed by atoms with Crippen LogP contribution in [-0.4, -0.2) is 41.7 Å². The van der Waals surface area contributed by atoms with Crippen molar-refractivity contribution in [3.05, 3.63) is 59.7 Å². The minimum atomic E-state index is -3.70. The molecule has 0 aromatic heterocycles. The summed E-state index contributed by atoms with van der Waals surface area (Å²) in [5.74, 6) is 0.359. The molecule has 146 valence electrons. The summed E-state index contributed by atoms with van der Waals surface area (Å²) in [4.78, 5) is 12.1. The maximum atomic E-state index is 12.5. The Bertz CT molecular complexity index is 851. The van der Waals surface area contributed by atoms with Crippen LogP contribution in [0.15, 0.2) is 53.4 Å². The molecule has 0 spiro atoms. The second kappa shape index (κ2) is 10.1. The molecule has 1 amide bonds. The van der Waals surface area contributed by atoms with Crippen molar-refractivity contribution in [2.24, 2.45) is 0 Å². The van der Waals surface area contributed by atoms with E-state index in [1.807, 2.05) is 12.1 Å². The zero-order valence-corrected chi connectivity index (χ0v) is 16.2. The van der Waals surface area contributed by atoms with Gasteiger partial charge in [-0.05, 0) is 36.8 Å². The predicted octanol–water partition coefficient (Wildman–Crippen LogP) is 1.94. The number of benzene rings is 2. The quantitative estimate of drug-likeness (QED) is 0.603. The first-order valence-electron chi connectivity index (χ1n) is 8.46. The van der Waals surface area contributed by atoms with E-state index in [1.165, 1.54) is 31.4 Å². The molecule has 0 fully saturated rings. The van der Waals surface area contributed by atoms with E-state index in [0.29, 0.717) is 30.9 Å². The van der Waals surface area contributed by atoms with Gasteiger partial charge in [0.2, 0.25) is 10.0 Å². The van der Waals surface area contributed by atoms with Gasteiger partial charge in [-0.3, -0.25) is 4.79 Å². The van der Waals surface area contributed by atoms with E-state index in [9.17, 15) is 13.2 Å². The van der Waals surface area contributed by atoms with E-state index in [1.54, 1.807) is 19.2 Å². The van der Waals surface area contributed by atoms with Crippen LogP contribution in [0.3, 0.4) is 0 Å². The number of rotatable bonds is 10. The van der Waals surface area contributed by atoms with Crippen LogP contribution >= 0.6 is 0 Å². The number of carbonyl (C=O) groups excluding carboxylic acids is 1. The molecule has 8 heteroatoms. The fourth-order valence-electron chi connectivity index (χ4n) is 2.41. The van der Waals surface area contributed by atoms with Gasteiger partial charge in [0.25, 0.3) is 5.91 Å². The van der Waals surface area contributed by atoms with Crippen molar-refractivity contribution in [2.75, 3.05) is 27.4 Å². The zero-order chi connectivity index (χ0) is 19.7. The fourth-order valence-corrected chi connectivity index (χ4v) is 3.42. The SMILES string of the molecule is COCCCNC(=O)c1ccc(S(=O)(=O)NCc2ccccc2OC)cc1. The normalized spacial score (nSPS) is 11.2. The Balaban J connectivity index is 1.99. The summed E-state index contributed by atoms with van der Waals surface area (Å²) in [7, 11) is -0.570. The van der Waals surface area contributed by atoms with Crippen molar-refractivity contribution in [3.63, 3.8) is 0 Å². The van der Waals surface area contributed by atoms with Crippen molar-refractivity contribution >= 4 is 15.9 Å². The molecule has 0 heterocycles. The predicted molar refractivity (Wildman–Crippen MR) is 102 cm³/mol. The van der Waals surface area contributed by atoms with Gasteiger partial charge in [-0.25, -0.2) is 13.1 Å². The van der Waals surface area contributed by atoms with Crippen LogP contribution in [0.1, 0.15) is 22.3 Å². The van der Waals surface area contributed by atoms with Crippen LogP contribution in [-0.2, 0) is 21.3 Å². The summed E-state index contributed by atoms with van der Waals surface area (Å²) < 4.78 is 37.6. The molecule has 0 unspecified atom stereocenters. The Morgan fingerprint density at radius 1 is 1.04 bits per heavy atom. The molecule has 2 N–H and O–H groups in total. The van der Waals surface area contributed by atoms with Crippen molar-refractivity contribution in [3.8, 4) is 5.75 Å². The van der Waals surface area contributed by atoms with Gasteiger partial charge in [0.05, 0.1) is 12.0 Å². The third kappa shape index (κ3) is 6.06. The topological polar surface area (TPSA) is 93.7 Å². The highest BCUT2D eigenvalue weighted by molar-refractivity contribution is 7.89. The number of ether oxygens (including phenoxy) is 2. The summed E-state index contributed by atoms with van der Waals surface area (Å²) in [6.45, 7) is 1.16. The van der Waals surface area contributed by atoms with E-state index >= 15 is 0 Å². The van der Waals surface area contributed by atoms with Gasteiger partial charge >= 0.3 is 0 Å². The third-order valence-corrected chi connectivity index (χ3v) is 5.30. The van der Waals surface area contributed by atoms with Gasteiger partial charge in [-0.2, -0.15) is 0 Å². The monoisotopic (exact) mass is 392 g/mol. The lowest BCUT2D eigenvalue weighted by atomic mass is 10.2. The Hall–Kier alpha value is -2.42. The Morgan fingerprint density at radius 3 is 2.41 bits per heavy atom. The van der Waals surface area contributed by atoms with Gasteiger partial charge in [0.1, 0.15) is 5.75 Å². The van der Waals surface area contributed by atoms with Crippen LogP contribution in [0.25, 0.3) is 0 Å². The van der Waals surface area contributed by atoms with Crippen LogP contribution in [0.4, 0.5) is 0 Å². The minimum Gasteiger partial charge on any atom is -0.496 e. The molecule has 2 aromatic carbocycles. The van der Waals surface area contributed by atoms with Crippen LogP contribution in [0.5, 0.6) is 5.75 Å². The van der Waals surface area contributed by atoms with E-state index < -0.39 is 10.0 Å². The van der Waals surface area contributed by atoms with Crippen molar-refractivity contribution in [1.29, 1.82) is 0 Å².